The van der Waals surface area contributed by atoms with Gasteiger partial charge in [-0.1, -0.05) is 48.5 Å². The molecule has 1 aliphatic heterocycles. The molecule has 2 atom stereocenters. The monoisotopic (exact) mass is 493 g/mol. The van der Waals surface area contributed by atoms with Crippen LogP contribution in [0.2, 0.25) is 0 Å². The summed E-state index contributed by atoms with van der Waals surface area (Å²) in [5.74, 6) is -1.03. The first-order valence-electron chi connectivity index (χ1n) is 11.6. The number of nitrogens with zero attached hydrogens (tertiary/aromatic N) is 2. The number of hydrogen-bond donors (Lipinski definition) is 2. The van der Waals surface area contributed by atoms with Crippen LogP contribution in [-0.2, 0) is 14.3 Å². The molecule has 1 fully saturated rings. The van der Waals surface area contributed by atoms with Gasteiger partial charge in [0.05, 0.1) is 11.9 Å². The molecule has 4 rings (SSSR count). The van der Waals surface area contributed by atoms with Crippen LogP contribution in [0.25, 0.3) is 11.1 Å². The number of carboxylic acid groups (broad SMARTS) is 1. The Hall–Kier alpha value is -3.51. The molecule has 2 aromatic carbocycles. The van der Waals surface area contributed by atoms with Crippen LogP contribution in [0.1, 0.15) is 42.7 Å². The van der Waals surface area contributed by atoms with E-state index in [1.165, 1.54) is 16.7 Å². The van der Waals surface area contributed by atoms with Crippen LogP contribution in [0.15, 0.2) is 48.5 Å². The number of amides is 2. The highest BCUT2D eigenvalue weighted by Crippen LogP contribution is 2.44. The van der Waals surface area contributed by atoms with Gasteiger partial charge in [-0.2, -0.15) is 5.26 Å². The molecular weight excluding hydrogens is 466 g/mol. The van der Waals surface area contributed by atoms with E-state index in [0.717, 1.165) is 22.3 Å². The fraction of sp³-hybridized carbons (Fsp3) is 0.385. The number of rotatable bonds is 9. The Bertz CT molecular complexity index is 1100. The molecule has 0 bridgehead atoms. The summed E-state index contributed by atoms with van der Waals surface area (Å²) in [5.41, 5.74) is 4.41. The van der Waals surface area contributed by atoms with Crippen LogP contribution >= 0.6 is 11.8 Å². The van der Waals surface area contributed by atoms with Gasteiger partial charge < -0.3 is 20.1 Å². The van der Waals surface area contributed by atoms with Crippen LogP contribution in [0.4, 0.5) is 4.79 Å². The predicted octanol–water partition coefficient (Wildman–Crippen LogP) is 3.96. The lowest BCUT2D eigenvalue weighted by molar-refractivity contribution is -0.148. The number of ether oxygens (including phenoxy) is 1. The number of carbonyl (C=O) groups excluding carboxylic acids is 2. The summed E-state index contributed by atoms with van der Waals surface area (Å²) < 4.78 is 5.59. The standard InChI is InChI=1S/C26H27N3O5S/c27-13-7-1-2-12-22(24(30)29-16-35-15-23(29)25(31)32)28-26(33)34-14-21-19-10-5-3-8-17(19)18-9-4-6-11-20(18)21/h3-6,8-11,21-23H,1-2,7,12,14-16H2,(H,28,33)(H,31,32)/t22?,23-/m0/s1. The lowest BCUT2D eigenvalue weighted by atomic mass is 9.98. The number of alkyl carbamates (subject to hydrolysis) is 1. The molecule has 2 N–H and O–H groups in total. The third-order valence-electron chi connectivity index (χ3n) is 6.42. The van der Waals surface area contributed by atoms with E-state index in [-0.39, 0.29) is 18.4 Å². The van der Waals surface area contributed by atoms with Gasteiger partial charge in [-0.3, -0.25) is 4.79 Å². The van der Waals surface area contributed by atoms with E-state index in [1.807, 2.05) is 36.4 Å². The zero-order valence-electron chi connectivity index (χ0n) is 19.2. The highest BCUT2D eigenvalue weighted by molar-refractivity contribution is 7.99. The summed E-state index contributed by atoms with van der Waals surface area (Å²) >= 11 is 1.37. The second-order valence-corrected chi connectivity index (χ2v) is 9.59. The zero-order valence-corrected chi connectivity index (χ0v) is 20.0. The normalized spacial score (nSPS) is 17.2. The minimum Gasteiger partial charge on any atom is -0.480 e. The van der Waals surface area contributed by atoms with Gasteiger partial charge in [0.2, 0.25) is 5.91 Å². The lowest BCUT2D eigenvalue weighted by Crippen LogP contribution is -2.52. The zero-order chi connectivity index (χ0) is 24.8. The maximum Gasteiger partial charge on any atom is 0.407 e. The molecule has 0 spiro atoms. The smallest absolute Gasteiger partial charge is 0.407 e. The van der Waals surface area contributed by atoms with Crippen molar-refractivity contribution in [2.24, 2.45) is 0 Å². The summed E-state index contributed by atoms with van der Waals surface area (Å²) in [6.45, 7) is 0.118. The van der Waals surface area contributed by atoms with Crippen molar-refractivity contribution in [2.45, 2.75) is 43.7 Å². The number of thioether (sulfide) groups is 1. The van der Waals surface area contributed by atoms with E-state index in [4.69, 9.17) is 10.00 Å². The van der Waals surface area contributed by atoms with Gasteiger partial charge >= 0.3 is 12.1 Å². The average molecular weight is 494 g/mol. The van der Waals surface area contributed by atoms with Crippen LogP contribution in [0.5, 0.6) is 0 Å². The van der Waals surface area contributed by atoms with Crippen molar-refractivity contribution in [2.75, 3.05) is 18.2 Å². The fourth-order valence-corrected chi connectivity index (χ4v) is 5.81. The molecule has 1 heterocycles. The Morgan fingerprint density at radius 1 is 1.11 bits per heavy atom. The van der Waals surface area contributed by atoms with Crippen LogP contribution in [0.3, 0.4) is 0 Å². The van der Waals surface area contributed by atoms with E-state index in [0.29, 0.717) is 31.4 Å². The Labute approximate surface area is 208 Å². The van der Waals surface area contributed by atoms with Crippen LogP contribution in [-0.4, -0.2) is 58.3 Å². The summed E-state index contributed by atoms with van der Waals surface area (Å²) in [6.07, 6.45) is 1.07. The second kappa shape index (κ2) is 11.3. The molecule has 0 radical (unpaired) electrons. The van der Waals surface area contributed by atoms with Gasteiger partial charge in [-0.05, 0) is 41.5 Å². The molecule has 1 aliphatic carbocycles. The second-order valence-electron chi connectivity index (χ2n) is 8.59. The van der Waals surface area contributed by atoms with Crippen molar-refractivity contribution in [1.82, 2.24) is 10.2 Å². The van der Waals surface area contributed by atoms with E-state index in [2.05, 4.69) is 23.5 Å². The molecule has 35 heavy (non-hydrogen) atoms. The first-order valence-corrected chi connectivity index (χ1v) is 12.8. The number of hydrogen-bond acceptors (Lipinski definition) is 6. The molecule has 1 unspecified atom stereocenters. The molecule has 8 nitrogen and oxygen atoms in total. The quantitative estimate of drug-likeness (QED) is 0.507. The van der Waals surface area contributed by atoms with E-state index < -0.39 is 30.1 Å². The first-order chi connectivity index (χ1) is 17.0. The van der Waals surface area contributed by atoms with Crippen molar-refractivity contribution in [3.63, 3.8) is 0 Å². The van der Waals surface area contributed by atoms with Gasteiger partial charge in [0, 0.05) is 18.1 Å². The molecule has 2 aliphatic rings. The predicted molar refractivity (Wildman–Crippen MR) is 132 cm³/mol. The Kier molecular flexibility index (Phi) is 7.93. The average Bonchev–Trinajstić information content (AvgIpc) is 3.48. The topological polar surface area (TPSA) is 120 Å². The third-order valence-corrected chi connectivity index (χ3v) is 7.43. The maximum absolute atomic E-state index is 13.2. The summed E-state index contributed by atoms with van der Waals surface area (Å²) in [7, 11) is 0. The van der Waals surface area contributed by atoms with Crippen molar-refractivity contribution >= 4 is 29.7 Å². The highest BCUT2D eigenvalue weighted by atomic mass is 32.2. The summed E-state index contributed by atoms with van der Waals surface area (Å²) in [6, 6.07) is 16.3. The molecule has 0 aromatic heterocycles. The van der Waals surface area contributed by atoms with Gasteiger partial charge in [-0.25, -0.2) is 9.59 Å². The van der Waals surface area contributed by atoms with E-state index in [1.54, 1.807) is 0 Å². The Morgan fingerprint density at radius 2 is 1.77 bits per heavy atom. The maximum atomic E-state index is 13.2. The number of nitrogens with one attached hydrogen (secondary N) is 1. The fourth-order valence-electron chi connectivity index (χ4n) is 4.66. The molecule has 2 amide bonds. The van der Waals surface area contributed by atoms with Crippen molar-refractivity contribution in [3.8, 4) is 17.2 Å². The lowest BCUT2D eigenvalue weighted by Gasteiger charge is -2.26. The molecule has 182 valence electrons. The number of nitriles is 1. The van der Waals surface area contributed by atoms with E-state index >= 15 is 0 Å². The highest BCUT2D eigenvalue weighted by Gasteiger charge is 2.38. The van der Waals surface area contributed by atoms with E-state index in [9.17, 15) is 19.5 Å². The van der Waals surface area contributed by atoms with Crippen molar-refractivity contribution in [1.29, 1.82) is 5.26 Å². The molecule has 2 aromatic rings. The number of fused-ring (bicyclic) bond motifs is 3. The number of unbranched alkanes of at least 4 members (excludes halogenated alkanes) is 2. The summed E-state index contributed by atoms with van der Waals surface area (Å²) in [5, 5.41) is 20.9. The van der Waals surface area contributed by atoms with Crippen LogP contribution < -0.4 is 5.32 Å². The molecule has 9 heteroatoms. The van der Waals surface area contributed by atoms with Crippen LogP contribution in [0, 0.1) is 11.3 Å². The molecule has 1 saturated heterocycles. The van der Waals surface area contributed by atoms with Gasteiger partial charge in [0.1, 0.15) is 18.7 Å². The number of benzene rings is 2. The third kappa shape index (κ3) is 5.43. The van der Waals surface area contributed by atoms with Crippen molar-refractivity contribution in [3.05, 3.63) is 59.7 Å². The number of aliphatic carboxylic acids is 1. The molecule has 0 saturated carbocycles. The number of carbonyl (C=O) groups is 3. The van der Waals surface area contributed by atoms with Gasteiger partial charge in [0.25, 0.3) is 0 Å². The minimum atomic E-state index is -1.06. The van der Waals surface area contributed by atoms with Gasteiger partial charge in [-0.15, -0.1) is 11.8 Å². The first kappa shape index (κ1) is 24.6. The Balaban J connectivity index is 1.43. The van der Waals surface area contributed by atoms with Crippen molar-refractivity contribution < 1.29 is 24.2 Å². The Morgan fingerprint density at radius 3 is 2.40 bits per heavy atom. The molecular formula is C26H27N3O5S. The van der Waals surface area contributed by atoms with Gasteiger partial charge in [0.15, 0.2) is 0 Å². The summed E-state index contributed by atoms with van der Waals surface area (Å²) in [4.78, 5) is 38.8. The minimum absolute atomic E-state index is 0.107. The largest absolute Gasteiger partial charge is 0.480 e. The SMILES string of the molecule is N#CCCCCC(NC(=O)OCC1c2ccccc2-c2ccccc21)C(=O)N1CSC[C@H]1C(=O)O. The number of carboxylic acids is 1.